The maximum absolute atomic E-state index is 2.72. The van der Waals surface area contributed by atoms with Crippen molar-refractivity contribution in [1.82, 2.24) is 0 Å². The molecule has 202 valence electrons. The smallest absolute Gasteiger partial charge is 1.00 e. The van der Waals surface area contributed by atoms with Crippen molar-refractivity contribution in [3.63, 3.8) is 0 Å². The molecule has 4 aliphatic carbocycles. The van der Waals surface area contributed by atoms with E-state index in [-0.39, 0.29) is 24.8 Å². The second-order valence-electron chi connectivity index (χ2n) is 11.8. The largest absolute Gasteiger partial charge is 1.00 e. The first kappa shape index (κ1) is 30.1. The molecule has 0 aliphatic heterocycles. The molecule has 0 nitrogen and oxygen atoms in total. The molecule has 0 bridgehead atoms. The molecule has 0 unspecified atom stereocenters. The fourth-order valence-corrected chi connectivity index (χ4v) is 13.7. The third kappa shape index (κ3) is 5.76. The molecule has 38 heavy (non-hydrogen) atoms. The van der Waals surface area contributed by atoms with Crippen molar-refractivity contribution in [3.8, 4) is 11.1 Å². The summed E-state index contributed by atoms with van der Waals surface area (Å²) in [6.45, 7) is 4.87. The molecule has 2 saturated carbocycles. The van der Waals surface area contributed by atoms with Gasteiger partial charge in [0.05, 0.1) is 0 Å². The first-order chi connectivity index (χ1) is 17.8. The maximum Gasteiger partial charge on any atom is -1.00 e. The average Bonchev–Trinajstić information content (AvgIpc) is 3.59. The predicted octanol–water partition coefficient (Wildman–Crippen LogP) is 4.31. The van der Waals surface area contributed by atoms with Gasteiger partial charge in [0.1, 0.15) is 0 Å². The van der Waals surface area contributed by atoms with E-state index in [0.717, 1.165) is 11.8 Å². The molecule has 6 rings (SSSR count). The third-order valence-corrected chi connectivity index (χ3v) is 15.7. The van der Waals surface area contributed by atoms with Gasteiger partial charge in [0, 0.05) is 0 Å². The van der Waals surface area contributed by atoms with Gasteiger partial charge < -0.3 is 24.8 Å². The minimum Gasteiger partial charge on any atom is -1.00 e. The van der Waals surface area contributed by atoms with Crippen molar-refractivity contribution >= 4 is 3.81 Å². The zero-order valence-corrected chi connectivity index (χ0v) is 26.4. The molecule has 2 aromatic rings. The maximum atomic E-state index is 2.72. The van der Waals surface area contributed by atoms with Crippen LogP contribution in [-0.2, 0) is 17.4 Å². The molecule has 2 fully saturated rings. The van der Waals surface area contributed by atoms with Crippen LogP contribution in [0.2, 0.25) is 0 Å². The van der Waals surface area contributed by atoms with Crippen molar-refractivity contribution < 1.29 is 42.2 Å². The van der Waals surface area contributed by atoms with E-state index in [1.165, 1.54) is 83.5 Å². The van der Waals surface area contributed by atoms with Crippen LogP contribution < -0.4 is 24.8 Å². The number of allylic oxidation sites excluding steroid dienone is 4. The van der Waals surface area contributed by atoms with Gasteiger partial charge in [0.2, 0.25) is 0 Å². The van der Waals surface area contributed by atoms with Crippen LogP contribution in [-0.4, -0.2) is 3.81 Å². The van der Waals surface area contributed by atoms with Crippen molar-refractivity contribution in [1.29, 1.82) is 0 Å². The van der Waals surface area contributed by atoms with Crippen LogP contribution >= 0.6 is 0 Å². The van der Waals surface area contributed by atoms with Crippen LogP contribution in [0.25, 0.3) is 11.1 Å². The van der Waals surface area contributed by atoms with Crippen LogP contribution in [0.1, 0.15) is 136 Å². The summed E-state index contributed by atoms with van der Waals surface area (Å²) in [6, 6.07) is 15.5. The fraction of sp³-hybridized carbons (Fsp3) is 0.514. The van der Waals surface area contributed by atoms with E-state index in [0.29, 0.717) is 4.22 Å². The quantitative estimate of drug-likeness (QED) is 0.445. The van der Waals surface area contributed by atoms with E-state index in [2.05, 4.69) is 68.5 Å². The van der Waals surface area contributed by atoms with Crippen molar-refractivity contribution in [2.75, 3.05) is 0 Å². The minimum absolute atomic E-state index is 0. The van der Waals surface area contributed by atoms with E-state index >= 15 is 0 Å². The van der Waals surface area contributed by atoms with Crippen LogP contribution in [0.5, 0.6) is 0 Å². The normalized spacial score (nSPS) is 19.0. The molecule has 0 amide bonds. The molecule has 0 N–H and O–H groups in total. The molecule has 0 radical (unpaired) electrons. The topological polar surface area (TPSA) is 0 Å². The van der Waals surface area contributed by atoms with Crippen LogP contribution in [0.3, 0.4) is 0 Å². The molecule has 0 spiro atoms. The predicted molar refractivity (Wildman–Crippen MR) is 153 cm³/mol. The summed E-state index contributed by atoms with van der Waals surface area (Å²) in [5.41, 5.74) is 9.82. The van der Waals surface area contributed by atoms with Gasteiger partial charge in [-0.1, -0.05) is 0 Å². The van der Waals surface area contributed by atoms with Gasteiger partial charge in [0.15, 0.2) is 0 Å². The Labute approximate surface area is 249 Å². The Morgan fingerprint density at radius 1 is 0.711 bits per heavy atom. The van der Waals surface area contributed by atoms with Crippen LogP contribution in [0, 0.1) is 0 Å². The Morgan fingerprint density at radius 2 is 1.21 bits per heavy atom. The summed E-state index contributed by atoms with van der Waals surface area (Å²) in [5.74, 6) is 1.56. The third-order valence-electron chi connectivity index (χ3n) is 9.86. The molecule has 2 aromatic carbocycles. The standard InChI is InChI=1S/C25H29.C5H5.C5H10.2ClH.Ti/c1-3-7-18(8-4-1)20-11-13-24-22(15-20)17-23-16-21(12-14-25(23)24)19-9-5-2-6-10-19;1-2-4-5-3-1;1-3-5-4-2;;;/h11-19H,1-10H2;1-3H,4H2;3-4H2,1-2H3;2*1H;/q;;;;;+2/p-2. The minimum atomic E-state index is -1.71. The van der Waals surface area contributed by atoms with Gasteiger partial charge in [-0.05, 0) is 0 Å². The first-order valence-corrected chi connectivity index (χ1v) is 17.6. The Hall–Kier alpha value is -0.916. The summed E-state index contributed by atoms with van der Waals surface area (Å²) in [5, 5.41) is 0. The van der Waals surface area contributed by atoms with E-state index < -0.39 is 17.4 Å². The molecular formula is C35H44Cl2Ti. The molecule has 0 aromatic heterocycles. The Balaban J connectivity index is 0.00000168. The fourth-order valence-electron chi connectivity index (χ4n) is 7.88. The second-order valence-corrected chi connectivity index (χ2v) is 16.1. The molecule has 3 heteroatoms. The van der Waals surface area contributed by atoms with E-state index in [4.69, 9.17) is 0 Å². The Kier molecular flexibility index (Phi) is 10.8. The molecule has 0 atom stereocenters. The van der Waals surface area contributed by atoms with E-state index in [1.807, 2.05) is 7.69 Å². The number of benzene rings is 2. The van der Waals surface area contributed by atoms with Gasteiger partial charge in [-0.25, -0.2) is 0 Å². The second kappa shape index (κ2) is 13.6. The SMILES string of the molecule is CC[C](CC)=[Ti+2]([C]1=CC=CC1)[CH]1c2cc(C3CCCCC3)ccc2-c2ccc(C3CCCCC3)cc21.[Cl-].[Cl-]. The van der Waals surface area contributed by atoms with Gasteiger partial charge in [-0.15, -0.1) is 0 Å². The van der Waals surface area contributed by atoms with E-state index in [1.54, 1.807) is 33.4 Å². The van der Waals surface area contributed by atoms with E-state index in [9.17, 15) is 0 Å². The van der Waals surface area contributed by atoms with Gasteiger partial charge >= 0.3 is 226 Å². The zero-order valence-electron chi connectivity index (χ0n) is 23.4. The number of halogens is 2. The summed E-state index contributed by atoms with van der Waals surface area (Å²) >= 11 is -1.71. The first-order valence-electron chi connectivity index (χ1n) is 15.1. The summed E-state index contributed by atoms with van der Waals surface area (Å²) in [7, 11) is 0. The number of rotatable bonds is 6. The van der Waals surface area contributed by atoms with Crippen molar-refractivity contribution in [3.05, 3.63) is 80.8 Å². The van der Waals surface area contributed by atoms with Crippen molar-refractivity contribution in [2.24, 2.45) is 0 Å². The molecule has 0 heterocycles. The Morgan fingerprint density at radius 3 is 1.63 bits per heavy atom. The number of hydrogen-bond acceptors (Lipinski definition) is 0. The monoisotopic (exact) mass is 582 g/mol. The molecule has 0 saturated heterocycles. The zero-order chi connectivity index (χ0) is 24.5. The number of fused-ring (bicyclic) bond motifs is 3. The van der Waals surface area contributed by atoms with Crippen LogP contribution in [0.15, 0.2) is 58.5 Å². The number of hydrogen-bond donors (Lipinski definition) is 0. The van der Waals surface area contributed by atoms with Crippen molar-refractivity contribution in [2.45, 2.75) is 113 Å². The summed E-state index contributed by atoms with van der Waals surface area (Å²) < 4.78 is 4.35. The van der Waals surface area contributed by atoms with Crippen LogP contribution in [0.4, 0.5) is 0 Å². The average molecular weight is 584 g/mol. The summed E-state index contributed by atoms with van der Waals surface area (Å²) in [6.07, 6.45) is 25.1. The summed E-state index contributed by atoms with van der Waals surface area (Å²) in [4.78, 5) is 0. The van der Waals surface area contributed by atoms with Gasteiger partial charge in [-0.2, -0.15) is 0 Å². The Bertz CT molecular complexity index is 1130. The molecule has 4 aliphatic rings. The van der Waals surface area contributed by atoms with Gasteiger partial charge in [-0.3, -0.25) is 0 Å². The van der Waals surface area contributed by atoms with Gasteiger partial charge in [0.25, 0.3) is 0 Å². The molecular weight excluding hydrogens is 539 g/mol.